The lowest BCUT2D eigenvalue weighted by Crippen LogP contribution is -1.98. The minimum Gasteiger partial charge on any atom is -0.273 e. The molecule has 0 saturated carbocycles. The Balaban J connectivity index is 1.29. The molecular weight excluding hydrogens is 272 g/mol. The fraction of sp³-hybridized carbons (Fsp3) is 0.667. The molecule has 0 aliphatic heterocycles. The van der Waals surface area contributed by atoms with Crippen molar-refractivity contribution >= 4 is 0 Å². The summed E-state index contributed by atoms with van der Waals surface area (Å²) in [7, 11) is 0. The summed E-state index contributed by atoms with van der Waals surface area (Å²) in [4.78, 5) is 0. The molecule has 22 heavy (non-hydrogen) atoms. The van der Waals surface area contributed by atoms with Crippen LogP contribution in [0.15, 0.2) is 36.9 Å². The Bertz CT molecular complexity index is 403. The molecule has 0 atom stereocenters. The third-order valence-corrected chi connectivity index (χ3v) is 4.14. The largest absolute Gasteiger partial charge is 0.273 e. The van der Waals surface area contributed by atoms with Crippen molar-refractivity contribution in [2.75, 3.05) is 0 Å². The van der Waals surface area contributed by atoms with E-state index in [9.17, 15) is 0 Å². The van der Waals surface area contributed by atoms with Crippen LogP contribution in [0.5, 0.6) is 0 Å². The molecule has 0 saturated heterocycles. The Kier molecular flexibility index (Phi) is 8.43. The zero-order chi connectivity index (χ0) is 15.3. The molecule has 2 aromatic heterocycles. The van der Waals surface area contributed by atoms with Gasteiger partial charge in [0.05, 0.1) is 0 Å². The van der Waals surface area contributed by atoms with Gasteiger partial charge in [0.1, 0.15) is 0 Å². The lowest BCUT2D eigenvalue weighted by molar-refractivity contribution is 0.503. The monoisotopic (exact) mass is 302 g/mol. The highest BCUT2D eigenvalue weighted by atomic mass is 15.3. The van der Waals surface area contributed by atoms with Gasteiger partial charge in [0.15, 0.2) is 0 Å². The van der Waals surface area contributed by atoms with Crippen LogP contribution >= 0.6 is 0 Å². The van der Waals surface area contributed by atoms with Crippen LogP contribution in [0.25, 0.3) is 0 Å². The standard InChI is InChI=1S/C18H30N4/c1(3-5-7-9-15-21-17-11-13-19-21)2-4-6-8-10-16-22-18-12-14-20-22/h11-14,17-18H,1-10,15-16H2. The maximum Gasteiger partial charge on any atom is 0.0489 e. The first-order valence-electron chi connectivity index (χ1n) is 8.90. The molecule has 0 N–H and O–H groups in total. The topological polar surface area (TPSA) is 35.6 Å². The van der Waals surface area contributed by atoms with Crippen LogP contribution in [-0.4, -0.2) is 19.6 Å². The van der Waals surface area contributed by atoms with Crippen molar-refractivity contribution in [2.24, 2.45) is 0 Å². The smallest absolute Gasteiger partial charge is 0.0489 e. The molecule has 0 bridgehead atoms. The molecule has 0 aromatic carbocycles. The molecule has 2 heterocycles. The zero-order valence-electron chi connectivity index (χ0n) is 13.7. The normalized spacial score (nSPS) is 11.1. The maximum atomic E-state index is 4.23. The lowest BCUT2D eigenvalue weighted by atomic mass is 10.1. The molecule has 2 aromatic rings. The predicted molar refractivity (Wildman–Crippen MR) is 90.6 cm³/mol. The van der Waals surface area contributed by atoms with Gasteiger partial charge in [0.2, 0.25) is 0 Å². The molecule has 0 unspecified atom stereocenters. The quantitative estimate of drug-likeness (QED) is 0.504. The SMILES string of the molecule is c1cnn(CCCCCCCCCCCCn2cccn2)c1. The number of rotatable bonds is 13. The van der Waals surface area contributed by atoms with Crippen molar-refractivity contribution in [1.82, 2.24) is 19.6 Å². The van der Waals surface area contributed by atoms with Crippen LogP contribution in [-0.2, 0) is 13.1 Å². The first-order valence-corrected chi connectivity index (χ1v) is 8.90. The average Bonchev–Trinajstić information content (AvgIpc) is 3.21. The van der Waals surface area contributed by atoms with Gasteiger partial charge in [-0.25, -0.2) is 0 Å². The average molecular weight is 302 g/mol. The summed E-state index contributed by atoms with van der Waals surface area (Å²) in [6.45, 7) is 2.15. The van der Waals surface area contributed by atoms with Crippen LogP contribution in [0.1, 0.15) is 64.2 Å². The van der Waals surface area contributed by atoms with Crippen LogP contribution in [0, 0.1) is 0 Å². The minimum atomic E-state index is 1.07. The van der Waals surface area contributed by atoms with Gasteiger partial charge in [0, 0.05) is 37.9 Å². The van der Waals surface area contributed by atoms with E-state index in [-0.39, 0.29) is 0 Å². The van der Waals surface area contributed by atoms with Crippen molar-refractivity contribution in [3.63, 3.8) is 0 Å². The minimum absolute atomic E-state index is 1.07. The summed E-state index contributed by atoms with van der Waals surface area (Å²) in [5, 5.41) is 8.45. The number of unbranched alkanes of at least 4 members (excludes halogenated alkanes) is 9. The second-order valence-corrected chi connectivity index (χ2v) is 6.07. The van der Waals surface area contributed by atoms with Crippen LogP contribution in [0.4, 0.5) is 0 Å². The van der Waals surface area contributed by atoms with Crippen molar-refractivity contribution < 1.29 is 0 Å². The molecule has 0 aliphatic rings. The fourth-order valence-corrected chi connectivity index (χ4v) is 2.83. The third kappa shape index (κ3) is 7.43. The summed E-state index contributed by atoms with van der Waals surface area (Å²) < 4.78 is 4.06. The van der Waals surface area contributed by atoms with E-state index in [0.29, 0.717) is 0 Å². The van der Waals surface area contributed by atoms with Crippen molar-refractivity contribution in [2.45, 2.75) is 77.3 Å². The van der Waals surface area contributed by atoms with Gasteiger partial charge in [0.25, 0.3) is 0 Å². The molecule has 0 fully saturated rings. The fourth-order valence-electron chi connectivity index (χ4n) is 2.83. The van der Waals surface area contributed by atoms with Gasteiger partial charge in [-0.1, -0.05) is 51.4 Å². The van der Waals surface area contributed by atoms with E-state index in [1.807, 2.05) is 46.3 Å². The molecule has 0 aliphatic carbocycles. The van der Waals surface area contributed by atoms with E-state index in [1.54, 1.807) is 0 Å². The van der Waals surface area contributed by atoms with Crippen LogP contribution < -0.4 is 0 Å². The van der Waals surface area contributed by atoms with E-state index in [1.165, 1.54) is 64.2 Å². The molecule has 0 spiro atoms. The molecule has 4 nitrogen and oxygen atoms in total. The zero-order valence-corrected chi connectivity index (χ0v) is 13.7. The van der Waals surface area contributed by atoms with Gasteiger partial charge in [-0.15, -0.1) is 0 Å². The lowest BCUT2D eigenvalue weighted by Gasteiger charge is -2.04. The van der Waals surface area contributed by atoms with E-state index in [4.69, 9.17) is 0 Å². The molecule has 0 amide bonds. The van der Waals surface area contributed by atoms with Crippen LogP contribution in [0.2, 0.25) is 0 Å². The first-order chi connectivity index (χ1) is 10.9. The maximum absolute atomic E-state index is 4.23. The van der Waals surface area contributed by atoms with Crippen molar-refractivity contribution in [1.29, 1.82) is 0 Å². The predicted octanol–water partition coefficient (Wildman–Crippen LogP) is 4.68. The second-order valence-electron chi connectivity index (χ2n) is 6.07. The summed E-state index contributed by atoms with van der Waals surface area (Å²) in [5.74, 6) is 0. The van der Waals surface area contributed by atoms with E-state index in [0.717, 1.165) is 13.1 Å². The van der Waals surface area contributed by atoms with Crippen molar-refractivity contribution in [3.8, 4) is 0 Å². The highest BCUT2D eigenvalue weighted by molar-refractivity contribution is 4.78. The highest BCUT2D eigenvalue weighted by Crippen LogP contribution is 2.11. The summed E-state index contributed by atoms with van der Waals surface area (Å²) in [5.41, 5.74) is 0. The Morgan fingerprint density at radius 1 is 0.500 bits per heavy atom. The molecular formula is C18H30N4. The van der Waals surface area contributed by atoms with Gasteiger partial charge in [-0.05, 0) is 25.0 Å². The van der Waals surface area contributed by atoms with Gasteiger partial charge < -0.3 is 0 Å². The first kappa shape index (κ1) is 16.8. The number of hydrogen-bond donors (Lipinski definition) is 0. The molecule has 4 heteroatoms. The third-order valence-electron chi connectivity index (χ3n) is 4.14. The summed E-state index contributed by atoms with van der Waals surface area (Å²) in [6.07, 6.45) is 21.3. The Morgan fingerprint density at radius 3 is 1.18 bits per heavy atom. The van der Waals surface area contributed by atoms with E-state index >= 15 is 0 Å². The van der Waals surface area contributed by atoms with Gasteiger partial charge in [-0.3, -0.25) is 9.36 Å². The number of nitrogens with zero attached hydrogens (tertiary/aromatic N) is 4. The van der Waals surface area contributed by atoms with E-state index < -0.39 is 0 Å². The molecule has 0 radical (unpaired) electrons. The second kappa shape index (κ2) is 11.0. The Labute approximate surface area is 134 Å². The molecule has 122 valence electrons. The van der Waals surface area contributed by atoms with E-state index in [2.05, 4.69) is 10.2 Å². The van der Waals surface area contributed by atoms with Gasteiger partial charge >= 0.3 is 0 Å². The van der Waals surface area contributed by atoms with Gasteiger partial charge in [-0.2, -0.15) is 10.2 Å². The van der Waals surface area contributed by atoms with Crippen LogP contribution in [0.3, 0.4) is 0 Å². The number of aryl methyl sites for hydroxylation is 2. The summed E-state index contributed by atoms with van der Waals surface area (Å²) in [6, 6.07) is 3.99. The number of aromatic nitrogens is 4. The Hall–Kier alpha value is -1.58. The molecule has 2 rings (SSSR count). The summed E-state index contributed by atoms with van der Waals surface area (Å²) >= 11 is 0. The highest BCUT2D eigenvalue weighted by Gasteiger charge is 1.95. The number of hydrogen-bond acceptors (Lipinski definition) is 2. The Morgan fingerprint density at radius 2 is 0.864 bits per heavy atom. The van der Waals surface area contributed by atoms with Crippen molar-refractivity contribution in [3.05, 3.63) is 36.9 Å².